The number of benzene rings is 1. The molecule has 96 valence electrons. The summed E-state index contributed by atoms with van der Waals surface area (Å²) in [5.74, 6) is 0. The summed E-state index contributed by atoms with van der Waals surface area (Å²) in [4.78, 5) is 0. The Balaban J connectivity index is 2.72. The van der Waals surface area contributed by atoms with Gasteiger partial charge in [0.05, 0.1) is 25.9 Å². The van der Waals surface area contributed by atoms with Gasteiger partial charge < -0.3 is 19.9 Å². The SMILES string of the molecule is COCCNC(CO)c1ccccc1COC. The number of rotatable bonds is 8. The zero-order valence-corrected chi connectivity index (χ0v) is 10.5. The minimum absolute atomic E-state index is 0.0600. The first-order valence-corrected chi connectivity index (χ1v) is 5.73. The van der Waals surface area contributed by atoms with Crippen molar-refractivity contribution in [1.82, 2.24) is 5.32 Å². The summed E-state index contributed by atoms with van der Waals surface area (Å²) < 4.78 is 10.1. The molecule has 0 amide bonds. The average molecular weight is 239 g/mol. The fourth-order valence-corrected chi connectivity index (χ4v) is 1.77. The Bertz CT molecular complexity index is 317. The van der Waals surface area contributed by atoms with Gasteiger partial charge in [0.2, 0.25) is 0 Å². The zero-order chi connectivity index (χ0) is 12.5. The van der Waals surface area contributed by atoms with E-state index in [1.54, 1.807) is 14.2 Å². The molecule has 0 saturated heterocycles. The highest BCUT2D eigenvalue weighted by atomic mass is 16.5. The lowest BCUT2D eigenvalue weighted by molar-refractivity contribution is 0.175. The first-order valence-electron chi connectivity index (χ1n) is 5.73. The smallest absolute Gasteiger partial charge is 0.0716 e. The number of hydrogen-bond donors (Lipinski definition) is 2. The molecule has 4 heteroatoms. The van der Waals surface area contributed by atoms with Crippen LogP contribution in [0, 0.1) is 0 Å². The molecule has 0 saturated carbocycles. The van der Waals surface area contributed by atoms with Crippen molar-refractivity contribution in [1.29, 1.82) is 0 Å². The molecule has 1 aromatic carbocycles. The van der Waals surface area contributed by atoms with Crippen LogP contribution in [0.2, 0.25) is 0 Å². The fraction of sp³-hybridized carbons (Fsp3) is 0.538. The van der Waals surface area contributed by atoms with Crippen LogP contribution in [0.15, 0.2) is 24.3 Å². The molecular formula is C13H21NO3. The largest absolute Gasteiger partial charge is 0.394 e. The average Bonchev–Trinajstić information content (AvgIpc) is 2.36. The second kappa shape index (κ2) is 8.20. The predicted molar refractivity (Wildman–Crippen MR) is 66.9 cm³/mol. The number of nitrogens with one attached hydrogen (secondary N) is 1. The standard InChI is InChI=1S/C13H21NO3/c1-16-8-7-14-13(9-15)12-6-4-3-5-11(12)10-17-2/h3-6,13-15H,7-10H2,1-2H3. The van der Waals surface area contributed by atoms with E-state index in [0.29, 0.717) is 19.8 Å². The van der Waals surface area contributed by atoms with E-state index in [1.807, 2.05) is 24.3 Å². The Morgan fingerprint density at radius 2 is 2.00 bits per heavy atom. The molecule has 0 spiro atoms. The Morgan fingerprint density at radius 1 is 1.24 bits per heavy atom. The van der Waals surface area contributed by atoms with E-state index in [-0.39, 0.29) is 12.6 Å². The van der Waals surface area contributed by atoms with Gasteiger partial charge in [-0.05, 0) is 11.1 Å². The molecule has 0 fully saturated rings. The summed E-state index contributed by atoms with van der Waals surface area (Å²) >= 11 is 0. The summed E-state index contributed by atoms with van der Waals surface area (Å²) in [6, 6.07) is 7.89. The maximum atomic E-state index is 9.43. The molecule has 0 bridgehead atoms. The van der Waals surface area contributed by atoms with E-state index >= 15 is 0 Å². The van der Waals surface area contributed by atoms with E-state index in [1.165, 1.54) is 0 Å². The van der Waals surface area contributed by atoms with Crippen LogP contribution in [0.1, 0.15) is 17.2 Å². The number of ether oxygens (including phenoxy) is 2. The molecule has 2 N–H and O–H groups in total. The van der Waals surface area contributed by atoms with Crippen molar-refractivity contribution in [2.24, 2.45) is 0 Å². The molecule has 0 aliphatic heterocycles. The van der Waals surface area contributed by atoms with Crippen molar-refractivity contribution < 1.29 is 14.6 Å². The third-order valence-corrected chi connectivity index (χ3v) is 2.61. The minimum atomic E-state index is -0.0727. The Labute approximate surface area is 103 Å². The van der Waals surface area contributed by atoms with Gasteiger partial charge in [-0.1, -0.05) is 24.3 Å². The van der Waals surface area contributed by atoms with E-state index in [0.717, 1.165) is 11.1 Å². The van der Waals surface area contributed by atoms with Gasteiger partial charge in [0, 0.05) is 20.8 Å². The van der Waals surface area contributed by atoms with Gasteiger partial charge in [-0.2, -0.15) is 0 Å². The van der Waals surface area contributed by atoms with Crippen LogP contribution in [0.25, 0.3) is 0 Å². The van der Waals surface area contributed by atoms with Gasteiger partial charge in [0.25, 0.3) is 0 Å². The van der Waals surface area contributed by atoms with Crippen LogP contribution in [0.4, 0.5) is 0 Å². The van der Waals surface area contributed by atoms with Crippen molar-refractivity contribution in [3.63, 3.8) is 0 Å². The molecule has 0 aromatic heterocycles. The van der Waals surface area contributed by atoms with Crippen molar-refractivity contribution in [3.05, 3.63) is 35.4 Å². The Morgan fingerprint density at radius 3 is 2.65 bits per heavy atom. The summed E-state index contributed by atoms with van der Waals surface area (Å²) in [5.41, 5.74) is 2.17. The van der Waals surface area contributed by atoms with Gasteiger partial charge in [-0.25, -0.2) is 0 Å². The molecule has 4 nitrogen and oxygen atoms in total. The molecular weight excluding hydrogens is 218 g/mol. The molecule has 1 rings (SSSR count). The Hall–Kier alpha value is -0.940. The third-order valence-electron chi connectivity index (χ3n) is 2.61. The summed E-state index contributed by atoms with van der Waals surface area (Å²) in [6.45, 7) is 1.95. The van der Waals surface area contributed by atoms with E-state index in [4.69, 9.17) is 9.47 Å². The zero-order valence-electron chi connectivity index (χ0n) is 10.5. The number of methoxy groups -OCH3 is 2. The van der Waals surface area contributed by atoms with Crippen LogP contribution in [-0.4, -0.2) is 39.1 Å². The summed E-state index contributed by atoms with van der Waals surface area (Å²) in [7, 11) is 3.33. The van der Waals surface area contributed by atoms with Gasteiger partial charge >= 0.3 is 0 Å². The first-order chi connectivity index (χ1) is 8.33. The Kier molecular flexibility index (Phi) is 6.81. The number of aliphatic hydroxyl groups is 1. The van der Waals surface area contributed by atoms with Crippen molar-refractivity contribution in [3.8, 4) is 0 Å². The molecule has 0 aliphatic carbocycles. The fourth-order valence-electron chi connectivity index (χ4n) is 1.77. The van der Waals surface area contributed by atoms with Crippen LogP contribution < -0.4 is 5.32 Å². The highest BCUT2D eigenvalue weighted by Crippen LogP contribution is 2.18. The normalized spacial score (nSPS) is 12.6. The van der Waals surface area contributed by atoms with Crippen LogP contribution in [0.5, 0.6) is 0 Å². The first kappa shape index (κ1) is 14.1. The van der Waals surface area contributed by atoms with Crippen LogP contribution >= 0.6 is 0 Å². The van der Waals surface area contributed by atoms with Crippen LogP contribution in [-0.2, 0) is 16.1 Å². The van der Waals surface area contributed by atoms with Crippen molar-refractivity contribution in [2.45, 2.75) is 12.6 Å². The minimum Gasteiger partial charge on any atom is -0.394 e. The maximum Gasteiger partial charge on any atom is 0.0716 e. The molecule has 17 heavy (non-hydrogen) atoms. The lowest BCUT2D eigenvalue weighted by atomic mass is 10.0. The molecule has 1 aromatic rings. The monoisotopic (exact) mass is 239 g/mol. The molecule has 1 unspecified atom stereocenters. The maximum absolute atomic E-state index is 9.43. The predicted octanol–water partition coefficient (Wildman–Crippen LogP) is 1.10. The molecule has 0 aliphatic rings. The van der Waals surface area contributed by atoms with E-state index in [2.05, 4.69) is 5.32 Å². The summed E-state index contributed by atoms with van der Waals surface area (Å²) in [6.07, 6.45) is 0. The molecule has 0 heterocycles. The quantitative estimate of drug-likeness (QED) is 0.667. The van der Waals surface area contributed by atoms with Gasteiger partial charge in [-0.15, -0.1) is 0 Å². The molecule has 0 radical (unpaired) electrons. The van der Waals surface area contributed by atoms with Gasteiger partial charge in [0.1, 0.15) is 0 Å². The van der Waals surface area contributed by atoms with Crippen molar-refractivity contribution in [2.75, 3.05) is 34.0 Å². The highest BCUT2D eigenvalue weighted by molar-refractivity contribution is 5.29. The number of hydrogen-bond acceptors (Lipinski definition) is 4. The molecule has 1 atom stereocenters. The highest BCUT2D eigenvalue weighted by Gasteiger charge is 2.13. The topological polar surface area (TPSA) is 50.7 Å². The van der Waals surface area contributed by atoms with Crippen molar-refractivity contribution >= 4 is 0 Å². The van der Waals surface area contributed by atoms with E-state index in [9.17, 15) is 5.11 Å². The summed E-state index contributed by atoms with van der Waals surface area (Å²) in [5, 5.41) is 12.7. The lowest BCUT2D eigenvalue weighted by Crippen LogP contribution is -2.28. The van der Waals surface area contributed by atoms with E-state index < -0.39 is 0 Å². The number of aliphatic hydroxyl groups excluding tert-OH is 1. The lowest BCUT2D eigenvalue weighted by Gasteiger charge is -2.19. The van der Waals surface area contributed by atoms with Gasteiger partial charge in [-0.3, -0.25) is 0 Å². The van der Waals surface area contributed by atoms with Crippen LogP contribution in [0.3, 0.4) is 0 Å². The van der Waals surface area contributed by atoms with Gasteiger partial charge in [0.15, 0.2) is 0 Å². The second-order valence-corrected chi connectivity index (χ2v) is 3.81. The second-order valence-electron chi connectivity index (χ2n) is 3.81. The third kappa shape index (κ3) is 4.44.